The second-order valence-electron chi connectivity index (χ2n) is 5.71. The lowest BCUT2D eigenvalue weighted by molar-refractivity contribution is -0.116. The van der Waals surface area contributed by atoms with Crippen molar-refractivity contribution in [2.45, 2.75) is 20.0 Å². The van der Waals surface area contributed by atoms with Gasteiger partial charge >= 0.3 is 0 Å². The van der Waals surface area contributed by atoms with Gasteiger partial charge in [-0.1, -0.05) is 43.0 Å². The van der Waals surface area contributed by atoms with Crippen LogP contribution in [0.2, 0.25) is 0 Å². The molecular formula is C18H17N5OS. The van der Waals surface area contributed by atoms with E-state index in [0.717, 1.165) is 27.7 Å². The molecular weight excluding hydrogens is 334 g/mol. The number of pyridine rings is 1. The van der Waals surface area contributed by atoms with Gasteiger partial charge < -0.3 is 0 Å². The van der Waals surface area contributed by atoms with Crippen molar-refractivity contribution in [3.8, 4) is 0 Å². The van der Waals surface area contributed by atoms with Gasteiger partial charge in [0.1, 0.15) is 5.70 Å². The summed E-state index contributed by atoms with van der Waals surface area (Å²) in [5, 5.41) is 11.4. The summed E-state index contributed by atoms with van der Waals surface area (Å²) < 4.78 is 0. The summed E-state index contributed by atoms with van der Waals surface area (Å²) in [6.07, 6.45) is -0.455. The zero-order chi connectivity index (χ0) is 17.4. The number of carbonyl (C=O) groups is 1. The maximum absolute atomic E-state index is 12.8. The van der Waals surface area contributed by atoms with E-state index < -0.39 is 6.17 Å². The largest absolute Gasteiger partial charge is 0.298 e. The zero-order valence-corrected chi connectivity index (χ0v) is 14.7. The predicted octanol–water partition coefficient (Wildman–Crippen LogP) is 1.29. The number of amidine groups is 1. The topological polar surface area (TPSA) is 70.0 Å². The van der Waals surface area contributed by atoms with Crippen LogP contribution in [0.15, 0.2) is 52.6 Å². The molecule has 7 heteroatoms. The van der Waals surface area contributed by atoms with E-state index in [0.29, 0.717) is 10.9 Å². The minimum atomic E-state index is -0.455. The highest BCUT2D eigenvalue weighted by Gasteiger charge is 2.34. The summed E-state index contributed by atoms with van der Waals surface area (Å²) in [5.74, 6) is 0.662. The Bertz CT molecular complexity index is 1000. The Morgan fingerprint density at radius 3 is 2.84 bits per heavy atom. The first-order chi connectivity index (χ1) is 12.2. The molecule has 2 aliphatic rings. The van der Waals surface area contributed by atoms with E-state index in [1.807, 2.05) is 56.3 Å². The van der Waals surface area contributed by atoms with Gasteiger partial charge in [-0.15, -0.1) is 5.10 Å². The smallest absolute Gasteiger partial charge is 0.276 e. The van der Waals surface area contributed by atoms with Crippen molar-refractivity contribution < 1.29 is 4.79 Å². The van der Waals surface area contributed by atoms with Crippen LogP contribution in [0.3, 0.4) is 0 Å². The maximum Gasteiger partial charge on any atom is 0.276 e. The van der Waals surface area contributed by atoms with Crippen molar-refractivity contribution in [1.29, 1.82) is 0 Å². The molecule has 0 bridgehead atoms. The maximum atomic E-state index is 12.8. The molecule has 25 heavy (non-hydrogen) atoms. The molecule has 0 radical (unpaired) electrons. The highest BCUT2D eigenvalue weighted by Crippen LogP contribution is 2.29. The Hall–Kier alpha value is -2.67. The molecule has 0 fully saturated rings. The highest BCUT2D eigenvalue weighted by molar-refractivity contribution is 8.13. The van der Waals surface area contributed by atoms with Crippen molar-refractivity contribution in [2.75, 3.05) is 5.75 Å². The van der Waals surface area contributed by atoms with Gasteiger partial charge in [0, 0.05) is 10.9 Å². The molecule has 0 aliphatic carbocycles. The van der Waals surface area contributed by atoms with Crippen LogP contribution in [0, 0.1) is 6.92 Å². The van der Waals surface area contributed by atoms with E-state index in [2.05, 4.69) is 15.4 Å². The molecule has 1 N–H and O–H groups in total. The quantitative estimate of drug-likeness (QED) is 0.885. The lowest BCUT2D eigenvalue weighted by Gasteiger charge is -2.33. The van der Waals surface area contributed by atoms with E-state index in [9.17, 15) is 4.79 Å². The van der Waals surface area contributed by atoms with Crippen molar-refractivity contribution >= 4 is 28.5 Å². The van der Waals surface area contributed by atoms with Crippen LogP contribution >= 0.6 is 11.8 Å². The van der Waals surface area contributed by atoms with E-state index in [1.165, 1.54) is 11.8 Å². The summed E-state index contributed by atoms with van der Waals surface area (Å²) in [7, 11) is 0. The van der Waals surface area contributed by atoms with E-state index >= 15 is 0 Å². The number of hydrazone groups is 1. The molecule has 4 rings (SSSR count). The minimum Gasteiger partial charge on any atom is -0.298 e. The van der Waals surface area contributed by atoms with Crippen LogP contribution in [-0.2, 0) is 4.79 Å². The van der Waals surface area contributed by atoms with Gasteiger partial charge in [-0.2, -0.15) is 0 Å². The number of amides is 1. The zero-order valence-electron chi connectivity index (χ0n) is 13.9. The average molecular weight is 351 g/mol. The Balaban J connectivity index is 1.96. The molecule has 2 aliphatic heterocycles. The van der Waals surface area contributed by atoms with Crippen molar-refractivity contribution in [3.05, 3.63) is 64.4 Å². The van der Waals surface area contributed by atoms with Crippen LogP contribution in [-0.4, -0.2) is 26.8 Å². The SMILES string of the molecule is CCSC1=NN2C(=c3ccccc3=N[C@@H]2c2cccc(C)n2)C(=O)N1. The summed E-state index contributed by atoms with van der Waals surface area (Å²) >= 11 is 1.49. The third kappa shape index (κ3) is 2.80. The van der Waals surface area contributed by atoms with Crippen LogP contribution in [0.4, 0.5) is 0 Å². The van der Waals surface area contributed by atoms with Crippen LogP contribution in [0.25, 0.3) is 5.70 Å². The van der Waals surface area contributed by atoms with E-state index in [4.69, 9.17) is 4.99 Å². The summed E-state index contributed by atoms with van der Waals surface area (Å²) in [6.45, 7) is 3.96. The predicted molar refractivity (Wildman–Crippen MR) is 97.9 cm³/mol. The monoisotopic (exact) mass is 351 g/mol. The number of nitrogens with one attached hydrogen (secondary N) is 1. The lowest BCUT2D eigenvalue weighted by Crippen LogP contribution is -2.50. The molecule has 0 saturated carbocycles. The molecule has 1 aromatic heterocycles. The standard InChI is InChI=1S/C18H17N5OS/c1-3-25-18-21-17(24)15-12-8-4-5-9-13(12)20-16(23(15)22-18)14-10-6-7-11(2)19-14/h4-10,16H,3H2,1-2H3,(H,21,22,24)/t16-/m0/s1. The molecule has 126 valence electrons. The number of carbonyl (C=O) groups excluding carboxylic acids is 1. The number of hydrogen-bond donors (Lipinski definition) is 1. The Morgan fingerprint density at radius 1 is 1.20 bits per heavy atom. The summed E-state index contributed by atoms with van der Waals surface area (Å²) in [5.41, 5.74) is 2.19. The number of para-hydroxylation sites is 1. The number of rotatable bonds is 2. The fourth-order valence-corrected chi connectivity index (χ4v) is 3.51. The lowest BCUT2D eigenvalue weighted by atomic mass is 10.1. The molecule has 1 aromatic carbocycles. The van der Waals surface area contributed by atoms with E-state index in [-0.39, 0.29) is 5.91 Å². The normalized spacial score (nSPS) is 18.7. The van der Waals surface area contributed by atoms with Crippen molar-refractivity contribution in [2.24, 2.45) is 10.1 Å². The molecule has 1 amide bonds. The van der Waals surface area contributed by atoms with Gasteiger partial charge in [-0.25, -0.2) is 5.01 Å². The summed E-state index contributed by atoms with van der Waals surface area (Å²) in [4.78, 5) is 22.2. The number of hydrogen-bond acceptors (Lipinski definition) is 6. The molecule has 3 heterocycles. The second kappa shape index (κ2) is 6.33. The molecule has 0 saturated heterocycles. The number of nitrogens with zero attached hydrogens (tertiary/aromatic N) is 4. The first-order valence-electron chi connectivity index (χ1n) is 8.10. The third-order valence-corrected chi connectivity index (χ3v) is 4.72. The fraction of sp³-hybridized carbons (Fsp3) is 0.222. The minimum absolute atomic E-state index is 0.161. The Kier molecular flexibility index (Phi) is 4.01. The average Bonchev–Trinajstić information content (AvgIpc) is 2.61. The van der Waals surface area contributed by atoms with Crippen molar-refractivity contribution in [1.82, 2.24) is 15.3 Å². The van der Waals surface area contributed by atoms with Gasteiger partial charge in [0.15, 0.2) is 11.3 Å². The molecule has 6 nitrogen and oxygen atoms in total. The number of aromatic nitrogens is 1. The van der Waals surface area contributed by atoms with Gasteiger partial charge in [0.2, 0.25) is 0 Å². The second-order valence-corrected chi connectivity index (χ2v) is 6.96. The van der Waals surface area contributed by atoms with Crippen molar-refractivity contribution in [3.63, 3.8) is 0 Å². The molecule has 2 aromatic rings. The van der Waals surface area contributed by atoms with Crippen LogP contribution in [0.1, 0.15) is 24.5 Å². The van der Waals surface area contributed by atoms with Crippen LogP contribution < -0.4 is 15.9 Å². The first kappa shape index (κ1) is 15.8. The first-order valence-corrected chi connectivity index (χ1v) is 9.08. The van der Waals surface area contributed by atoms with Gasteiger partial charge in [-0.3, -0.25) is 20.1 Å². The number of aryl methyl sites for hydroxylation is 1. The molecule has 0 unspecified atom stereocenters. The molecule has 0 spiro atoms. The van der Waals surface area contributed by atoms with E-state index in [1.54, 1.807) is 5.01 Å². The highest BCUT2D eigenvalue weighted by atomic mass is 32.2. The number of fused-ring (bicyclic) bond motifs is 2. The number of benzene rings is 1. The van der Waals surface area contributed by atoms with Crippen LogP contribution in [0.5, 0.6) is 0 Å². The Morgan fingerprint density at radius 2 is 2.04 bits per heavy atom. The molecule has 1 atom stereocenters. The third-order valence-electron chi connectivity index (χ3n) is 3.97. The van der Waals surface area contributed by atoms with Gasteiger partial charge in [0.05, 0.1) is 11.1 Å². The van der Waals surface area contributed by atoms with Gasteiger partial charge in [0.25, 0.3) is 5.91 Å². The number of thioether (sulfide) groups is 1. The van der Waals surface area contributed by atoms with Gasteiger partial charge in [-0.05, 0) is 30.9 Å². The summed E-state index contributed by atoms with van der Waals surface area (Å²) in [6, 6.07) is 13.4. The fourth-order valence-electron chi connectivity index (χ4n) is 2.93. The Labute approximate surface area is 149 Å².